The second-order valence-electron chi connectivity index (χ2n) is 4.72. The molecule has 0 saturated heterocycles. The van der Waals surface area contributed by atoms with Crippen LogP contribution in [0, 0.1) is 6.92 Å². The molecule has 0 saturated carbocycles. The summed E-state index contributed by atoms with van der Waals surface area (Å²) in [5.74, 6) is 0.281. The average molecular weight is 278 g/mol. The number of pyridine rings is 2. The molecule has 0 spiro atoms. The monoisotopic (exact) mass is 278 g/mol. The number of carbonyl (C=O) groups is 1. The van der Waals surface area contributed by atoms with Crippen molar-refractivity contribution in [1.82, 2.24) is 9.97 Å². The van der Waals surface area contributed by atoms with E-state index in [1.165, 1.54) is 0 Å². The molecule has 0 atom stereocenters. The first-order valence-electron chi connectivity index (χ1n) is 6.53. The van der Waals surface area contributed by atoms with Crippen LogP contribution >= 0.6 is 0 Å². The molecule has 21 heavy (non-hydrogen) atoms. The molecule has 0 bridgehead atoms. The van der Waals surface area contributed by atoms with Gasteiger partial charge in [-0.05, 0) is 31.2 Å². The third-order valence-corrected chi connectivity index (χ3v) is 3.15. The molecule has 3 N–H and O–H groups in total. The van der Waals surface area contributed by atoms with Crippen molar-refractivity contribution < 1.29 is 4.79 Å². The van der Waals surface area contributed by atoms with Crippen LogP contribution in [0.4, 0.5) is 11.5 Å². The Hall–Kier alpha value is -2.95. The van der Waals surface area contributed by atoms with E-state index in [1.807, 2.05) is 25.1 Å². The fourth-order valence-corrected chi connectivity index (χ4v) is 2.21. The molecule has 1 aromatic carbocycles. The summed E-state index contributed by atoms with van der Waals surface area (Å²) >= 11 is 0. The zero-order valence-corrected chi connectivity index (χ0v) is 11.5. The number of anilines is 2. The molecule has 2 heterocycles. The van der Waals surface area contributed by atoms with Crippen molar-refractivity contribution in [2.75, 3.05) is 11.1 Å². The number of fused-ring (bicyclic) bond motifs is 1. The van der Waals surface area contributed by atoms with Crippen molar-refractivity contribution in [3.05, 3.63) is 59.9 Å². The Bertz CT molecular complexity index is 815. The Labute approximate surface area is 121 Å². The normalized spacial score (nSPS) is 10.5. The second kappa shape index (κ2) is 5.20. The van der Waals surface area contributed by atoms with Gasteiger partial charge < -0.3 is 11.1 Å². The summed E-state index contributed by atoms with van der Waals surface area (Å²) in [6.07, 6.45) is 1.63. The maximum absolute atomic E-state index is 12.5. The van der Waals surface area contributed by atoms with Crippen LogP contribution in [-0.2, 0) is 0 Å². The van der Waals surface area contributed by atoms with E-state index in [0.29, 0.717) is 22.6 Å². The van der Waals surface area contributed by atoms with Gasteiger partial charge in [-0.3, -0.25) is 9.78 Å². The number of rotatable bonds is 2. The summed E-state index contributed by atoms with van der Waals surface area (Å²) in [5.41, 5.74) is 8.42. The van der Waals surface area contributed by atoms with Crippen LogP contribution in [0.3, 0.4) is 0 Å². The minimum Gasteiger partial charge on any atom is -0.397 e. The SMILES string of the molecule is Cc1cc(C(=O)Nc2ccccn2)c2cccc(N)c2n1. The molecule has 104 valence electrons. The third kappa shape index (κ3) is 2.53. The summed E-state index contributed by atoms with van der Waals surface area (Å²) < 4.78 is 0. The maximum atomic E-state index is 12.5. The summed E-state index contributed by atoms with van der Waals surface area (Å²) in [6, 6.07) is 12.5. The van der Waals surface area contributed by atoms with Gasteiger partial charge in [0.1, 0.15) is 5.82 Å². The molecule has 1 amide bonds. The van der Waals surface area contributed by atoms with Gasteiger partial charge in [0.15, 0.2) is 0 Å². The molecule has 3 aromatic rings. The minimum atomic E-state index is -0.227. The predicted molar refractivity (Wildman–Crippen MR) is 83.1 cm³/mol. The number of aryl methyl sites for hydroxylation is 1. The lowest BCUT2D eigenvalue weighted by Crippen LogP contribution is -2.14. The quantitative estimate of drug-likeness (QED) is 0.706. The highest BCUT2D eigenvalue weighted by Crippen LogP contribution is 2.23. The minimum absolute atomic E-state index is 0.227. The number of nitrogens with two attached hydrogens (primary N) is 1. The lowest BCUT2D eigenvalue weighted by atomic mass is 10.1. The fourth-order valence-electron chi connectivity index (χ4n) is 2.21. The second-order valence-corrected chi connectivity index (χ2v) is 4.72. The van der Waals surface area contributed by atoms with Crippen LogP contribution in [0.25, 0.3) is 10.9 Å². The molecule has 0 fully saturated rings. The number of carbonyl (C=O) groups excluding carboxylic acids is 1. The van der Waals surface area contributed by atoms with E-state index in [9.17, 15) is 4.79 Å². The van der Waals surface area contributed by atoms with Crippen molar-refractivity contribution in [2.24, 2.45) is 0 Å². The van der Waals surface area contributed by atoms with Gasteiger partial charge in [0.2, 0.25) is 0 Å². The maximum Gasteiger partial charge on any atom is 0.257 e. The smallest absolute Gasteiger partial charge is 0.257 e. The molecule has 0 radical (unpaired) electrons. The molecule has 0 aliphatic carbocycles. The molecule has 2 aromatic heterocycles. The van der Waals surface area contributed by atoms with Gasteiger partial charge in [0.05, 0.1) is 16.8 Å². The largest absolute Gasteiger partial charge is 0.397 e. The Balaban J connectivity index is 2.07. The Morgan fingerprint density at radius 3 is 2.81 bits per heavy atom. The number of para-hydroxylation sites is 1. The van der Waals surface area contributed by atoms with E-state index < -0.39 is 0 Å². The molecular formula is C16H14N4O. The van der Waals surface area contributed by atoms with Gasteiger partial charge >= 0.3 is 0 Å². The summed E-state index contributed by atoms with van der Waals surface area (Å²) in [4.78, 5) is 21.0. The number of hydrogen-bond acceptors (Lipinski definition) is 4. The third-order valence-electron chi connectivity index (χ3n) is 3.15. The van der Waals surface area contributed by atoms with Crippen LogP contribution in [0.2, 0.25) is 0 Å². The number of nitrogens with zero attached hydrogens (tertiary/aromatic N) is 2. The highest BCUT2D eigenvalue weighted by Gasteiger charge is 2.13. The van der Waals surface area contributed by atoms with Crippen molar-refractivity contribution in [1.29, 1.82) is 0 Å². The van der Waals surface area contributed by atoms with Crippen LogP contribution in [-0.4, -0.2) is 15.9 Å². The Morgan fingerprint density at radius 1 is 1.19 bits per heavy atom. The average Bonchev–Trinajstić information content (AvgIpc) is 2.48. The van der Waals surface area contributed by atoms with Gasteiger partial charge in [0, 0.05) is 17.3 Å². The lowest BCUT2D eigenvalue weighted by molar-refractivity contribution is 0.102. The fraction of sp³-hybridized carbons (Fsp3) is 0.0625. The lowest BCUT2D eigenvalue weighted by Gasteiger charge is -2.09. The Morgan fingerprint density at radius 2 is 2.05 bits per heavy atom. The summed E-state index contributed by atoms with van der Waals surface area (Å²) in [6.45, 7) is 1.84. The van der Waals surface area contributed by atoms with Gasteiger partial charge in [-0.1, -0.05) is 18.2 Å². The first-order chi connectivity index (χ1) is 10.1. The van der Waals surface area contributed by atoms with Crippen molar-refractivity contribution in [3.8, 4) is 0 Å². The van der Waals surface area contributed by atoms with E-state index in [-0.39, 0.29) is 5.91 Å². The van der Waals surface area contributed by atoms with Crippen molar-refractivity contribution in [3.63, 3.8) is 0 Å². The van der Waals surface area contributed by atoms with Crippen LogP contribution in [0.1, 0.15) is 16.1 Å². The first kappa shape index (κ1) is 13.1. The first-order valence-corrected chi connectivity index (χ1v) is 6.53. The number of hydrogen-bond donors (Lipinski definition) is 2. The van der Waals surface area contributed by atoms with Crippen molar-refractivity contribution >= 4 is 28.3 Å². The van der Waals surface area contributed by atoms with Crippen molar-refractivity contribution in [2.45, 2.75) is 6.92 Å². The van der Waals surface area contributed by atoms with Gasteiger partial charge in [-0.2, -0.15) is 0 Å². The number of amides is 1. The Kier molecular flexibility index (Phi) is 3.23. The predicted octanol–water partition coefficient (Wildman–Crippen LogP) is 2.77. The van der Waals surface area contributed by atoms with Gasteiger partial charge in [-0.15, -0.1) is 0 Å². The molecule has 0 aliphatic heterocycles. The summed E-state index contributed by atoms with van der Waals surface area (Å²) in [5, 5.41) is 3.51. The number of benzene rings is 1. The van der Waals surface area contributed by atoms with Crippen LogP contribution in [0.5, 0.6) is 0 Å². The van der Waals surface area contributed by atoms with E-state index in [1.54, 1.807) is 30.5 Å². The number of aromatic nitrogens is 2. The molecule has 5 heteroatoms. The zero-order chi connectivity index (χ0) is 14.8. The topological polar surface area (TPSA) is 80.9 Å². The summed E-state index contributed by atoms with van der Waals surface area (Å²) in [7, 11) is 0. The highest BCUT2D eigenvalue weighted by molar-refractivity contribution is 6.13. The van der Waals surface area contributed by atoms with E-state index in [0.717, 1.165) is 11.1 Å². The van der Waals surface area contributed by atoms with E-state index in [2.05, 4.69) is 15.3 Å². The standard InChI is InChI=1S/C16H14N4O/c1-10-9-12(11-5-4-6-13(17)15(11)19-10)16(21)20-14-7-2-3-8-18-14/h2-9H,17H2,1H3,(H,18,20,21). The molecule has 5 nitrogen and oxygen atoms in total. The van der Waals surface area contributed by atoms with Crippen LogP contribution in [0.15, 0.2) is 48.7 Å². The van der Waals surface area contributed by atoms with E-state index >= 15 is 0 Å². The number of nitrogen functional groups attached to an aromatic ring is 1. The van der Waals surface area contributed by atoms with Gasteiger partial charge in [0.25, 0.3) is 5.91 Å². The molecule has 0 aliphatic rings. The molecule has 0 unspecified atom stereocenters. The molecule has 3 rings (SSSR count). The van der Waals surface area contributed by atoms with Gasteiger partial charge in [-0.25, -0.2) is 4.98 Å². The number of nitrogens with one attached hydrogen (secondary N) is 1. The van der Waals surface area contributed by atoms with Crippen LogP contribution < -0.4 is 11.1 Å². The zero-order valence-electron chi connectivity index (χ0n) is 11.5. The molecular weight excluding hydrogens is 264 g/mol. The van der Waals surface area contributed by atoms with E-state index in [4.69, 9.17) is 5.73 Å². The highest BCUT2D eigenvalue weighted by atomic mass is 16.1.